The van der Waals surface area contributed by atoms with Gasteiger partial charge in [0.05, 0.1) is 0 Å². The number of halogens is 1. The van der Waals surface area contributed by atoms with Gasteiger partial charge in [0.25, 0.3) is 5.91 Å². The van der Waals surface area contributed by atoms with E-state index in [2.05, 4.69) is 23.0 Å². The summed E-state index contributed by atoms with van der Waals surface area (Å²) >= 11 is 0. The number of carbonyl (C=O) groups is 1. The minimum absolute atomic E-state index is 0.137. The number of aromatic nitrogens is 1. The molecule has 0 saturated carbocycles. The van der Waals surface area contributed by atoms with Gasteiger partial charge in [-0.05, 0) is 68.2 Å². The molecule has 1 saturated heterocycles. The Morgan fingerprint density at radius 3 is 2.88 bits per heavy atom. The van der Waals surface area contributed by atoms with Crippen molar-refractivity contribution in [3.05, 3.63) is 65.2 Å². The van der Waals surface area contributed by atoms with Crippen molar-refractivity contribution < 1.29 is 9.18 Å². The Labute approximate surface area is 148 Å². The summed E-state index contributed by atoms with van der Waals surface area (Å²) in [4.78, 5) is 20.9. The Hall–Kier alpha value is -2.27. The number of carbonyl (C=O) groups excluding carboxylic acids is 1. The molecule has 2 aromatic rings. The smallest absolute Gasteiger partial charge is 0.253 e. The van der Waals surface area contributed by atoms with E-state index in [0.29, 0.717) is 18.0 Å². The van der Waals surface area contributed by atoms with E-state index < -0.39 is 0 Å². The number of hydrogen-bond acceptors (Lipinski definition) is 3. The third-order valence-electron chi connectivity index (χ3n) is 4.94. The third-order valence-corrected chi connectivity index (χ3v) is 4.94. The first kappa shape index (κ1) is 17.5. The maximum Gasteiger partial charge on any atom is 0.253 e. The predicted octanol–water partition coefficient (Wildman–Crippen LogP) is 3.29. The van der Waals surface area contributed by atoms with Crippen molar-refractivity contribution in [3.8, 4) is 0 Å². The number of amides is 1. The molecule has 25 heavy (non-hydrogen) atoms. The zero-order valence-corrected chi connectivity index (χ0v) is 14.9. The molecule has 0 spiro atoms. The Bertz CT molecular complexity index is 730. The second-order valence-electron chi connectivity index (χ2n) is 6.96. The van der Waals surface area contributed by atoms with E-state index in [1.807, 2.05) is 12.3 Å². The molecule has 3 rings (SSSR count). The first-order chi connectivity index (χ1) is 12.0. The fraction of sp³-hybridized carbons (Fsp3) is 0.400. The molecule has 132 valence electrons. The summed E-state index contributed by atoms with van der Waals surface area (Å²) in [6, 6.07) is 8.76. The summed E-state index contributed by atoms with van der Waals surface area (Å²) in [5.41, 5.74) is 2.34. The van der Waals surface area contributed by atoms with Crippen LogP contribution in [0.2, 0.25) is 0 Å². The van der Waals surface area contributed by atoms with Gasteiger partial charge in [0.2, 0.25) is 0 Å². The van der Waals surface area contributed by atoms with Gasteiger partial charge in [-0.2, -0.15) is 0 Å². The lowest BCUT2D eigenvalue weighted by Gasteiger charge is -2.28. The molecule has 2 heterocycles. The molecule has 0 unspecified atom stereocenters. The summed E-state index contributed by atoms with van der Waals surface area (Å²) < 4.78 is 13.6. The van der Waals surface area contributed by atoms with Crippen LogP contribution < -0.4 is 0 Å². The molecule has 5 heteroatoms. The van der Waals surface area contributed by atoms with Crippen LogP contribution in [0.3, 0.4) is 0 Å². The molecule has 0 aliphatic carbocycles. The van der Waals surface area contributed by atoms with Gasteiger partial charge in [0.1, 0.15) is 5.82 Å². The fourth-order valence-corrected chi connectivity index (χ4v) is 3.81. The fourth-order valence-electron chi connectivity index (χ4n) is 3.81. The highest BCUT2D eigenvalue weighted by atomic mass is 19.1. The standard InChI is InChI=1S/C20H24FN3O/c1-14-9-17(11-18(21)10-14)20(25)24(3)13-16-6-8-23(2)19(16)15-5-4-7-22-12-15/h4-5,7,9-12,16,19H,6,8,13H2,1-3H3/t16-,19-/m0/s1. The van der Waals surface area contributed by atoms with Gasteiger partial charge < -0.3 is 4.90 Å². The summed E-state index contributed by atoms with van der Waals surface area (Å²) in [6.07, 6.45) is 4.70. The maximum absolute atomic E-state index is 13.6. The lowest BCUT2D eigenvalue weighted by Crippen LogP contribution is -2.34. The number of likely N-dealkylation sites (tertiary alicyclic amines) is 1. The Morgan fingerprint density at radius 1 is 1.40 bits per heavy atom. The van der Waals surface area contributed by atoms with Crippen molar-refractivity contribution in [1.82, 2.24) is 14.8 Å². The lowest BCUT2D eigenvalue weighted by atomic mass is 9.94. The molecule has 1 aromatic carbocycles. The third kappa shape index (κ3) is 3.87. The van der Waals surface area contributed by atoms with Crippen molar-refractivity contribution in [2.45, 2.75) is 19.4 Å². The van der Waals surface area contributed by atoms with E-state index in [-0.39, 0.29) is 17.8 Å². The van der Waals surface area contributed by atoms with Crippen LogP contribution in [0.25, 0.3) is 0 Å². The molecule has 1 aliphatic rings. The quantitative estimate of drug-likeness (QED) is 0.856. The van der Waals surface area contributed by atoms with E-state index >= 15 is 0 Å². The molecule has 1 amide bonds. The highest BCUT2D eigenvalue weighted by Crippen LogP contribution is 2.36. The number of rotatable bonds is 4. The Balaban J connectivity index is 1.75. The van der Waals surface area contributed by atoms with Crippen LogP contribution in [0.5, 0.6) is 0 Å². The number of hydrogen-bond donors (Lipinski definition) is 0. The zero-order chi connectivity index (χ0) is 18.0. The summed E-state index contributed by atoms with van der Waals surface area (Å²) in [6.45, 7) is 3.42. The summed E-state index contributed by atoms with van der Waals surface area (Å²) in [5.74, 6) is -0.175. The average Bonchev–Trinajstić information content (AvgIpc) is 2.94. The average molecular weight is 341 g/mol. The van der Waals surface area contributed by atoms with Crippen molar-refractivity contribution in [2.75, 3.05) is 27.2 Å². The topological polar surface area (TPSA) is 36.4 Å². The molecule has 1 aromatic heterocycles. The van der Waals surface area contributed by atoms with E-state index in [1.54, 1.807) is 31.1 Å². The summed E-state index contributed by atoms with van der Waals surface area (Å²) in [5, 5.41) is 0. The van der Waals surface area contributed by atoms with Gasteiger partial charge in [-0.1, -0.05) is 6.07 Å². The highest BCUT2D eigenvalue weighted by molar-refractivity contribution is 5.94. The van der Waals surface area contributed by atoms with Crippen molar-refractivity contribution >= 4 is 5.91 Å². The second-order valence-corrected chi connectivity index (χ2v) is 6.96. The Morgan fingerprint density at radius 2 is 2.20 bits per heavy atom. The van der Waals surface area contributed by atoms with Crippen LogP contribution in [0.4, 0.5) is 4.39 Å². The van der Waals surface area contributed by atoms with Crippen molar-refractivity contribution in [1.29, 1.82) is 0 Å². The monoisotopic (exact) mass is 341 g/mol. The predicted molar refractivity (Wildman–Crippen MR) is 95.8 cm³/mol. The van der Waals surface area contributed by atoms with Crippen LogP contribution in [-0.4, -0.2) is 47.9 Å². The first-order valence-corrected chi connectivity index (χ1v) is 8.58. The first-order valence-electron chi connectivity index (χ1n) is 8.58. The van der Waals surface area contributed by atoms with Crippen LogP contribution >= 0.6 is 0 Å². The lowest BCUT2D eigenvalue weighted by molar-refractivity contribution is 0.0760. The molecule has 0 radical (unpaired) electrons. The molecule has 4 nitrogen and oxygen atoms in total. The maximum atomic E-state index is 13.6. The van der Waals surface area contributed by atoms with Crippen LogP contribution in [0, 0.1) is 18.7 Å². The Kier molecular flexibility index (Phi) is 5.13. The van der Waals surface area contributed by atoms with E-state index in [9.17, 15) is 9.18 Å². The van der Waals surface area contributed by atoms with Crippen molar-refractivity contribution in [2.24, 2.45) is 5.92 Å². The number of aryl methyl sites for hydroxylation is 1. The highest BCUT2D eigenvalue weighted by Gasteiger charge is 2.34. The molecule has 0 bridgehead atoms. The van der Waals surface area contributed by atoms with Gasteiger partial charge in [-0.3, -0.25) is 14.7 Å². The zero-order valence-electron chi connectivity index (χ0n) is 14.9. The van der Waals surface area contributed by atoms with Gasteiger partial charge in [0, 0.05) is 37.6 Å². The molecule has 1 fully saturated rings. The molecular formula is C20H24FN3O. The van der Waals surface area contributed by atoms with Crippen LogP contribution in [0.15, 0.2) is 42.7 Å². The number of benzene rings is 1. The van der Waals surface area contributed by atoms with Crippen LogP contribution in [0.1, 0.15) is 33.9 Å². The van der Waals surface area contributed by atoms with Crippen LogP contribution in [-0.2, 0) is 0 Å². The van der Waals surface area contributed by atoms with E-state index in [0.717, 1.165) is 18.5 Å². The van der Waals surface area contributed by atoms with Gasteiger partial charge in [-0.25, -0.2) is 4.39 Å². The van der Waals surface area contributed by atoms with E-state index in [4.69, 9.17) is 0 Å². The van der Waals surface area contributed by atoms with E-state index in [1.165, 1.54) is 17.7 Å². The number of nitrogens with zero attached hydrogens (tertiary/aromatic N) is 3. The second kappa shape index (κ2) is 7.31. The molecule has 2 atom stereocenters. The van der Waals surface area contributed by atoms with Crippen molar-refractivity contribution in [3.63, 3.8) is 0 Å². The van der Waals surface area contributed by atoms with Gasteiger partial charge >= 0.3 is 0 Å². The molecule has 0 N–H and O–H groups in total. The molecular weight excluding hydrogens is 317 g/mol. The minimum Gasteiger partial charge on any atom is -0.341 e. The minimum atomic E-state index is -0.370. The number of pyridine rings is 1. The van der Waals surface area contributed by atoms with Gasteiger partial charge in [-0.15, -0.1) is 0 Å². The SMILES string of the molecule is Cc1cc(F)cc(C(=O)N(C)C[C@@H]2CCN(C)[C@H]2c2cccnc2)c1. The molecule has 1 aliphatic heterocycles. The summed E-state index contributed by atoms with van der Waals surface area (Å²) in [7, 11) is 3.90. The largest absolute Gasteiger partial charge is 0.341 e. The van der Waals surface area contributed by atoms with Gasteiger partial charge in [0.15, 0.2) is 0 Å². The normalized spacial score (nSPS) is 20.6.